The number of hydrogen-bond donors (Lipinski definition) is 2. The fraction of sp³-hybridized carbons (Fsp3) is 0.625. The van der Waals surface area contributed by atoms with Gasteiger partial charge in [0, 0.05) is 37.2 Å². The highest BCUT2D eigenvalue weighted by Crippen LogP contribution is 2.34. The molecule has 1 heterocycles. The summed E-state index contributed by atoms with van der Waals surface area (Å²) in [6.07, 6.45) is -0.476. The first-order chi connectivity index (χ1) is 15.9. The van der Waals surface area contributed by atoms with Crippen molar-refractivity contribution >= 4 is 16.1 Å². The van der Waals surface area contributed by atoms with Gasteiger partial charge in [-0.1, -0.05) is 18.8 Å². The van der Waals surface area contributed by atoms with E-state index in [1.54, 1.807) is 26.1 Å². The first kappa shape index (κ1) is 27.9. The fourth-order valence-electron chi connectivity index (χ4n) is 3.53. The van der Waals surface area contributed by atoms with Crippen LogP contribution in [0.15, 0.2) is 23.1 Å². The van der Waals surface area contributed by atoms with Gasteiger partial charge < -0.3 is 20.1 Å². The Bertz CT molecular complexity index is 1020. The second kappa shape index (κ2) is 11.9. The number of fused-ring (bicyclic) bond motifs is 1. The van der Waals surface area contributed by atoms with Gasteiger partial charge in [0.25, 0.3) is 0 Å². The molecule has 2 N–H and O–H groups in total. The summed E-state index contributed by atoms with van der Waals surface area (Å²) in [6, 6.07) is 3.94. The zero-order chi connectivity index (χ0) is 25.6. The van der Waals surface area contributed by atoms with Gasteiger partial charge in [-0.3, -0.25) is 4.90 Å². The Morgan fingerprint density at radius 1 is 1.29 bits per heavy atom. The van der Waals surface area contributed by atoms with Crippen molar-refractivity contribution in [1.82, 2.24) is 19.4 Å². The van der Waals surface area contributed by atoms with Crippen molar-refractivity contribution in [3.05, 3.63) is 23.8 Å². The van der Waals surface area contributed by atoms with Gasteiger partial charge in [-0.25, -0.2) is 13.2 Å². The lowest BCUT2D eigenvalue weighted by molar-refractivity contribution is 0.0809. The van der Waals surface area contributed by atoms with Crippen molar-refractivity contribution in [2.24, 2.45) is 5.92 Å². The molecular formula is C24H38N4O5S. The number of sulfonamides is 1. The van der Waals surface area contributed by atoms with E-state index in [0.29, 0.717) is 12.1 Å². The van der Waals surface area contributed by atoms with Crippen LogP contribution in [-0.4, -0.2) is 99.2 Å². The van der Waals surface area contributed by atoms with E-state index in [-0.39, 0.29) is 48.3 Å². The molecule has 0 aliphatic carbocycles. The zero-order valence-electron chi connectivity index (χ0n) is 21.2. The van der Waals surface area contributed by atoms with E-state index in [1.807, 2.05) is 39.8 Å². The molecule has 2 amide bonds. The molecule has 0 saturated carbocycles. The number of nitrogens with one attached hydrogen (secondary N) is 1. The molecule has 1 aromatic rings. The number of hydrogen-bond acceptors (Lipinski definition) is 6. The Labute approximate surface area is 204 Å². The van der Waals surface area contributed by atoms with Gasteiger partial charge in [0.15, 0.2) is 0 Å². The second-order valence-electron chi connectivity index (χ2n) is 9.43. The van der Waals surface area contributed by atoms with Crippen molar-refractivity contribution in [3.8, 4) is 17.6 Å². The molecule has 3 atom stereocenters. The minimum Gasteiger partial charge on any atom is -0.487 e. The molecule has 34 heavy (non-hydrogen) atoms. The minimum atomic E-state index is -3.92. The fourth-order valence-corrected chi connectivity index (χ4v) is 5.36. The van der Waals surface area contributed by atoms with Crippen LogP contribution in [0.2, 0.25) is 0 Å². The van der Waals surface area contributed by atoms with Gasteiger partial charge in [-0.05, 0) is 53.1 Å². The number of likely N-dealkylation sites (N-methyl/N-ethyl adjacent to an activating group) is 1. The summed E-state index contributed by atoms with van der Waals surface area (Å²) in [6.45, 7) is 7.99. The number of nitrogens with zero attached hydrogens (tertiary/aromatic N) is 3. The lowest BCUT2D eigenvalue weighted by atomic mass is 10.0. The number of urea groups is 1. The highest BCUT2D eigenvalue weighted by molar-refractivity contribution is 7.89. The van der Waals surface area contributed by atoms with Gasteiger partial charge in [0.2, 0.25) is 10.0 Å². The Kier molecular flexibility index (Phi) is 9.76. The molecule has 0 unspecified atom stereocenters. The van der Waals surface area contributed by atoms with Crippen LogP contribution in [0.4, 0.5) is 4.79 Å². The summed E-state index contributed by atoms with van der Waals surface area (Å²) in [5.41, 5.74) is 0.635. The van der Waals surface area contributed by atoms with E-state index in [4.69, 9.17) is 4.74 Å². The van der Waals surface area contributed by atoms with Crippen molar-refractivity contribution in [1.29, 1.82) is 0 Å². The summed E-state index contributed by atoms with van der Waals surface area (Å²) in [5, 5.41) is 12.6. The third-order valence-corrected chi connectivity index (χ3v) is 7.53. The monoisotopic (exact) mass is 494 g/mol. The van der Waals surface area contributed by atoms with Crippen LogP contribution in [0.1, 0.15) is 33.3 Å². The maximum absolute atomic E-state index is 13.5. The number of amides is 2. The van der Waals surface area contributed by atoms with Crippen molar-refractivity contribution < 1.29 is 23.1 Å². The number of aliphatic hydroxyl groups excluding tert-OH is 1. The smallest absolute Gasteiger partial charge is 0.317 e. The molecule has 0 saturated heterocycles. The SMILES string of the molecule is CC(C)NC(=O)N(C)C[C@H]1Oc2cc(C#CCN(C)C)ccc2S(=O)(=O)N([C@H](C)CO)C[C@@H]1C. The molecule has 190 valence electrons. The second-order valence-corrected chi connectivity index (χ2v) is 11.3. The summed E-state index contributed by atoms with van der Waals surface area (Å²) in [5.74, 6) is 6.03. The standard InChI is InChI=1S/C24H38N4O5S/c1-17(2)25-24(30)27(7)15-22-18(3)14-28(19(4)16-29)34(31,32)23-11-10-20(13-21(23)33-22)9-8-12-26(5)6/h10-11,13,17-19,22,29H,12,14-16H2,1-7H3,(H,25,30)/t18-,19+,22+/m0/s1. The number of benzene rings is 1. The topological polar surface area (TPSA) is 102 Å². The van der Waals surface area contributed by atoms with Crippen LogP contribution in [-0.2, 0) is 10.0 Å². The number of rotatable bonds is 6. The molecule has 0 aromatic heterocycles. The summed E-state index contributed by atoms with van der Waals surface area (Å²) in [4.78, 5) is 16.0. The molecule has 1 aromatic carbocycles. The van der Waals surface area contributed by atoms with Crippen LogP contribution < -0.4 is 10.1 Å². The Balaban J connectivity index is 2.50. The molecule has 0 spiro atoms. The van der Waals surface area contributed by atoms with Crippen LogP contribution in [0, 0.1) is 17.8 Å². The van der Waals surface area contributed by atoms with E-state index >= 15 is 0 Å². The predicted molar refractivity (Wildman–Crippen MR) is 132 cm³/mol. The minimum absolute atomic E-state index is 0.0133. The van der Waals surface area contributed by atoms with Crippen LogP contribution in [0.5, 0.6) is 5.75 Å². The van der Waals surface area contributed by atoms with E-state index in [1.165, 1.54) is 15.3 Å². The maximum Gasteiger partial charge on any atom is 0.317 e. The van der Waals surface area contributed by atoms with Crippen molar-refractivity contribution in [2.45, 2.75) is 50.8 Å². The van der Waals surface area contributed by atoms with E-state index in [9.17, 15) is 18.3 Å². The number of carbonyl (C=O) groups is 1. The maximum atomic E-state index is 13.5. The van der Waals surface area contributed by atoms with Crippen LogP contribution in [0.3, 0.4) is 0 Å². The zero-order valence-corrected chi connectivity index (χ0v) is 22.0. The van der Waals surface area contributed by atoms with E-state index in [0.717, 1.165) is 0 Å². The van der Waals surface area contributed by atoms with Crippen molar-refractivity contribution in [3.63, 3.8) is 0 Å². The van der Waals surface area contributed by atoms with Crippen LogP contribution in [0.25, 0.3) is 0 Å². The highest BCUT2D eigenvalue weighted by Gasteiger charge is 2.38. The first-order valence-corrected chi connectivity index (χ1v) is 12.9. The molecule has 1 aliphatic heterocycles. The molecule has 2 rings (SSSR count). The molecule has 1 aliphatic rings. The lowest BCUT2D eigenvalue weighted by Gasteiger charge is -2.37. The number of carbonyl (C=O) groups excluding carboxylic acids is 1. The number of ether oxygens (including phenoxy) is 1. The van der Waals surface area contributed by atoms with Gasteiger partial charge in [-0.2, -0.15) is 4.31 Å². The lowest BCUT2D eigenvalue weighted by Crippen LogP contribution is -2.51. The van der Waals surface area contributed by atoms with Crippen molar-refractivity contribution in [2.75, 3.05) is 47.4 Å². The predicted octanol–water partition coefficient (Wildman–Crippen LogP) is 1.42. The third kappa shape index (κ3) is 7.09. The Hall–Kier alpha value is -2.32. The highest BCUT2D eigenvalue weighted by atomic mass is 32.2. The normalized spacial score (nSPS) is 20.9. The average Bonchev–Trinajstić information content (AvgIpc) is 2.74. The van der Waals surface area contributed by atoms with E-state index < -0.39 is 22.2 Å². The molecular weight excluding hydrogens is 456 g/mol. The molecule has 10 heteroatoms. The molecule has 9 nitrogen and oxygen atoms in total. The van der Waals surface area contributed by atoms with Crippen LogP contribution >= 0.6 is 0 Å². The van der Waals surface area contributed by atoms with Gasteiger partial charge in [0.05, 0.1) is 19.7 Å². The Morgan fingerprint density at radius 2 is 1.97 bits per heavy atom. The summed E-state index contributed by atoms with van der Waals surface area (Å²) >= 11 is 0. The average molecular weight is 495 g/mol. The largest absolute Gasteiger partial charge is 0.487 e. The summed E-state index contributed by atoms with van der Waals surface area (Å²) in [7, 11) is 1.59. The van der Waals surface area contributed by atoms with E-state index in [2.05, 4.69) is 17.2 Å². The third-order valence-electron chi connectivity index (χ3n) is 5.51. The number of aliphatic hydroxyl groups is 1. The molecule has 0 fully saturated rings. The quantitative estimate of drug-likeness (QED) is 0.580. The van der Waals surface area contributed by atoms with Gasteiger partial charge >= 0.3 is 6.03 Å². The molecule has 0 bridgehead atoms. The van der Waals surface area contributed by atoms with Gasteiger partial charge in [-0.15, -0.1) is 0 Å². The van der Waals surface area contributed by atoms with Gasteiger partial charge in [0.1, 0.15) is 16.7 Å². The Morgan fingerprint density at radius 3 is 2.56 bits per heavy atom. The first-order valence-electron chi connectivity index (χ1n) is 11.5. The summed E-state index contributed by atoms with van der Waals surface area (Å²) < 4.78 is 34.6. The molecule has 0 radical (unpaired) electrons.